The van der Waals surface area contributed by atoms with Crippen molar-refractivity contribution in [3.05, 3.63) is 28.8 Å². The molecule has 0 aromatic heterocycles. The largest absolute Gasteiger partial charge is 0.365 e. The van der Waals surface area contributed by atoms with E-state index in [1.165, 1.54) is 0 Å². The maximum absolute atomic E-state index is 12.3. The normalized spacial score (nSPS) is 21.1. The minimum Gasteiger partial charge on any atom is -0.365 e. The van der Waals surface area contributed by atoms with Gasteiger partial charge in [0, 0.05) is 17.2 Å². The molecule has 0 aliphatic carbocycles. The second kappa shape index (κ2) is 6.27. The molecule has 1 atom stereocenters. The van der Waals surface area contributed by atoms with Crippen molar-refractivity contribution in [3.63, 3.8) is 0 Å². The van der Waals surface area contributed by atoms with E-state index in [2.05, 4.69) is 17.2 Å². The highest BCUT2D eigenvalue weighted by Crippen LogP contribution is 2.28. The lowest BCUT2D eigenvalue weighted by atomic mass is 10.0. The second-order valence-electron chi connectivity index (χ2n) is 4.83. The molecule has 1 fully saturated rings. The van der Waals surface area contributed by atoms with Crippen molar-refractivity contribution in [1.29, 1.82) is 0 Å². The monoisotopic (exact) mass is 292 g/mol. The Balaban J connectivity index is 2.22. The summed E-state index contributed by atoms with van der Waals surface area (Å²) in [6, 6.07) is 5.15. The molecule has 3 N–H and O–H groups in total. The van der Waals surface area contributed by atoms with Gasteiger partial charge in [-0.25, -0.2) is 0 Å². The van der Waals surface area contributed by atoms with E-state index in [1.54, 1.807) is 25.1 Å². The minimum absolute atomic E-state index is 0.159. The Morgan fingerprint density at radius 3 is 3.05 bits per heavy atom. The average Bonchev–Trinajstić information content (AvgIpc) is 2.87. The van der Waals surface area contributed by atoms with Gasteiger partial charge >= 0.3 is 0 Å². The molecule has 1 aliphatic heterocycles. The van der Waals surface area contributed by atoms with E-state index in [4.69, 9.17) is 22.1 Å². The molecule has 20 heavy (non-hydrogen) atoms. The molecular formula is C15H17ClN2O2. The van der Waals surface area contributed by atoms with Crippen molar-refractivity contribution >= 4 is 23.2 Å². The summed E-state index contributed by atoms with van der Waals surface area (Å²) < 4.78 is 5.53. The Labute approximate surface area is 123 Å². The fourth-order valence-electron chi connectivity index (χ4n) is 2.09. The van der Waals surface area contributed by atoms with Crippen molar-refractivity contribution in [2.24, 2.45) is 5.73 Å². The molecule has 0 bridgehead atoms. The van der Waals surface area contributed by atoms with E-state index < -0.39 is 5.60 Å². The van der Waals surface area contributed by atoms with Gasteiger partial charge in [-0.15, -0.1) is 0 Å². The molecule has 1 saturated heterocycles. The maximum Gasteiger partial charge on any atom is 0.256 e. The number of benzene rings is 1. The fraction of sp³-hybridized carbons (Fsp3) is 0.400. The molecule has 2 rings (SSSR count). The van der Waals surface area contributed by atoms with Crippen molar-refractivity contribution in [1.82, 2.24) is 0 Å². The Kier molecular flexibility index (Phi) is 4.66. The number of halogens is 1. The van der Waals surface area contributed by atoms with Crippen LogP contribution in [-0.2, 0) is 9.53 Å². The zero-order valence-corrected chi connectivity index (χ0v) is 12.1. The van der Waals surface area contributed by atoms with E-state index in [1.807, 2.05) is 0 Å². The van der Waals surface area contributed by atoms with Crippen LogP contribution < -0.4 is 11.1 Å². The predicted molar refractivity (Wildman–Crippen MR) is 79.6 cm³/mol. The number of carbonyl (C=O) groups is 1. The van der Waals surface area contributed by atoms with Gasteiger partial charge in [0.25, 0.3) is 5.91 Å². The predicted octanol–water partition coefficient (Wildman–Crippen LogP) is 2.16. The number of amides is 1. The third-order valence-corrected chi connectivity index (χ3v) is 3.49. The molecule has 1 aromatic rings. The summed E-state index contributed by atoms with van der Waals surface area (Å²) in [5.74, 6) is 5.51. The number of carbonyl (C=O) groups excluding carboxylic acids is 1. The van der Waals surface area contributed by atoms with Gasteiger partial charge in [-0.1, -0.05) is 23.4 Å². The smallest absolute Gasteiger partial charge is 0.256 e. The molecule has 0 radical (unpaired) electrons. The standard InChI is InChI=1S/C15H17ClN2O2/c1-15(7-3-9-20-15)14(19)18-13-6-5-12(16)10-11(13)4-2-8-17/h5-6,10H,3,7-9,17H2,1H3,(H,18,19). The van der Waals surface area contributed by atoms with Gasteiger partial charge in [-0.2, -0.15) is 0 Å². The molecule has 4 nitrogen and oxygen atoms in total. The number of hydrogen-bond acceptors (Lipinski definition) is 3. The summed E-state index contributed by atoms with van der Waals surface area (Å²) in [5, 5.41) is 3.43. The molecule has 1 heterocycles. The number of rotatable bonds is 2. The van der Waals surface area contributed by atoms with Crippen molar-refractivity contribution in [2.75, 3.05) is 18.5 Å². The Bertz CT molecular complexity index is 569. The van der Waals surface area contributed by atoms with E-state index in [-0.39, 0.29) is 12.5 Å². The number of hydrogen-bond donors (Lipinski definition) is 2. The number of ether oxygens (including phenoxy) is 1. The lowest BCUT2D eigenvalue weighted by Gasteiger charge is -2.22. The minimum atomic E-state index is -0.766. The third kappa shape index (κ3) is 3.31. The summed E-state index contributed by atoms with van der Waals surface area (Å²) in [7, 11) is 0. The fourth-order valence-corrected chi connectivity index (χ4v) is 2.26. The number of anilines is 1. The first-order chi connectivity index (χ1) is 9.55. The molecule has 0 saturated carbocycles. The highest BCUT2D eigenvalue weighted by atomic mass is 35.5. The summed E-state index contributed by atoms with van der Waals surface area (Å²) in [4.78, 5) is 12.3. The molecular weight excluding hydrogens is 276 g/mol. The molecule has 1 aliphatic rings. The Morgan fingerprint density at radius 1 is 1.60 bits per heavy atom. The number of nitrogens with two attached hydrogens (primary N) is 1. The molecule has 1 unspecified atom stereocenters. The summed E-state index contributed by atoms with van der Waals surface area (Å²) in [6.45, 7) is 2.67. The van der Waals surface area contributed by atoms with Gasteiger partial charge in [0.1, 0.15) is 5.60 Å². The topological polar surface area (TPSA) is 64.4 Å². The molecule has 106 valence electrons. The van der Waals surface area contributed by atoms with Crippen LogP contribution >= 0.6 is 11.6 Å². The highest BCUT2D eigenvalue weighted by molar-refractivity contribution is 6.30. The van der Waals surface area contributed by atoms with E-state index in [0.717, 1.165) is 12.8 Å². The van der Waals surface area contributed by atoms with Crippen molar-refractivity contribution in [2.45, 2.75) is 25.4 Å². The molecule has 5 heteroatoms. The van der Waals surface area contributed by atoms with Crippen LogP contribution in [0.5, 0.6) is 0 Å². The van der Waals surface area contributed by atoms with Gasteiger partial charge in [0.05, 0.1) is 12.2 Å². The van der Waals surface area contributed by atoms with Gasteiger partial charge < -0.3 is 15.8 Å². The van der Waals surface area contributed by atoms with Crippen molar-refractivity contribution in [3.8, 4) is 11.8 Å². The van der Waals surface area contributed by atoms with Crippen LogP contribution in [0.25, 0.3) is 0 Å². The van der Waals surface area contributed by atoms with Crippen LogP contribution in [0.15, 0.2) is 18.2 Å². The quantitative estimate of drug-likeness (QED) is 0.821. The summed E-state index contributed by atoms with van der Waals surface area (Å²) in [6.07, 6.45) is 1.61. The van der Waals surface area contributed by atoms with Crippen LogP contribution in [0.3, 0.4) is 0 Å². The Morgan fingerprint density at radius 2 is 2.40 bits per heavy atom. The van der Waals surface area contributed by atoms with Gasteiger partial charge in [0.2, 0.25) is 0 Å². The summed E-state index contributed by atoms with van der Waals surface area (Å²) in [5.41, 5.74) is 5.88. The first kappa shape index (κ1) is 14.9. The zero-order valence-electron chi connectivity index (χ0n) is 11.3. The zero-order chi connectivity index (χ0) is 14.6. The van der Waals surface area contributed by atoms with E-state index in [9.17, 15) is 4.79 Å². The lowest BCUT2D eigenvalue weighted by Crippen LogP contribution is -2.39. The van der Waals surface area contributed by atoms with Crippen LogP contribution in [0.2, 0.25) is 5.02 Å². The highest BCUT2D eigenvalue weighted by Gasteiger charge is 2.37. The van der Waals surface area contributed by atoms with E-state index in [0.29, 0.717) is 22.9 Å². The Hall–Kier alpha value is -1.54. The van der Waals surface area contributed by atoms with Gasteiger partial charge in [-0.05, 0) is 38.0 Å². The first-order valence-electron chi connectivity index (χ1n) is 6.49. The van der Waals surface area contributed by atoms with Crippen LogP contribution in [0.1, 0.15) is 25.3 Å². The van der Waals surface area contributed by atoms with Crippen LogP contribution in [0, 0.1) is 11.8 Å². The number of nitrogens with one attached hydrogen (secondary N) is 1. The van der Waals surface area contributed by atoms with Crippen LogP contribution in [-0.4, -0.2) is 24.7 Å². The SMILES string of the molecule is CC1(C(=O)Nc2ccc(Cl)cc2C#CCN)CCCO1. The summed E-state index contributed by atoms with van der Waals surface area (Å²) >= 11 is 5.95. The van der Waals surface area contributed by atoms with Gasteiger partial charge in [-0.3, -0.25) is 4.79 Å². The maximum atomic E-state index is 12.3. The molecule has 0 spiro atoms. The van der Waals surface area contributed by atoms with E-state index >= 15 is 0 Å². The first-order valence-corrected chi connectivity index (χ1v) is 6.87. The average molecular weight is 293 g/mol. The van der Waals surface area contributed by atoms with Crippen LogP contribution in [0.4, 0.5) is 5.69 Å². The lowest BCUT2D eigenvalue weighted by molar-refractivity contribution is -0.133. The molecule has 1 amide bonds. The van der Waals surface area contributed by atoms with Crippen molar-refractivity contribution < 1.29 is 9.53 Å². The molecule has 1 aromatic carbocycles. The third-order valence-electron chi connectivity index (χ3n) is 3.25. The second-order valence-corrected chi connectivity index (χ2v) is 5.27. The van der Waals surface area contributed by atoms with Gasteiger partial charge in [0.15, 0.2) is 0 Å².